The summed E-state index contributed by atoms with van der Waals surface area (Å²) in [5.74, 6) is 1.37. The second kappa shape index (κ2) is 7.80. The number of likely N-dealkylation sites (tertiary alicyclic amines) is 1. The van der Waals surface area contributed by atoms with Gasteiger partial charge in [-0.25, -0.2) is 0 Å². The molecule has 1 unspecified atom stereocenters. The molecule has 1 fully saturated rings. The van der Waals surface area contributed by atoms with Gasteiger partial charge in [-0.1, -0.05) is 13.0 Å². The maximum Gasteiger partial charge on any atom is 0.254 e. The second-order valence-corrected chi connectivity index (χ2v) is 7.68. The maximum absolute atomic E-state index is 12.9. The van der Waals surface area contributed by atoms with Gasteiger partial charge in [0.2, 0.25) is 0 Å². The fourth-order valence-corrected chi connectivity index (χ4v) is 4.27. The minimum atomic E-state index is -0.198. The van der Waals surface area contributed by atoms with E-state index in [-0.39, 0.29) is 11.8 Å². The number of hydrogen-bond donors (Lipinski definition) is 1. The highest BCUT2D eigenvalue weighted by atomic mass is 16.3. The smallest absolute Gasteiger partial charge is 0.254 e. The zero-order valence-electron chi connectivity index (χ0n) is 16.5. The van der Waals surface area contributed by atoms with Crippen LogP contribution in [0.15, 0.2) is 34.7 Å². The van der Waals surface area contributed by atoms with Crippen LogP contribution in [0.3, 0.4) is 0 Å². The van der Waals surface area contributed by atoms with Gasteiger partial charge in [-0.2, -0.15) is 0 Å². The van der Waals surface area contributed by atoms with Crippen molar-refractivity contribution < 1.29 is 14.0 Å². The lowest BCUT2D eigenvalue weighted by molar-refractivity contribution is 0.0731. The predicted molar refractivity (Wildman–Crippen MR) is 106 cm³/mol. The molecule has 1 atom stereocenters. The molecule has 0 bridgehead atoms. The Morgan fingerprint density at radius 1 is 1.29 bits per heavy atom. The van der Waals surface area contributed by atoms with E-state index >= 15 is 0 Å². The lowest BCUT2D eigenvalue weighted by atomic mass is 10.1. The summed E-state index contributed by atoms with van der Waals surface area (Å²) in [6, 6.07) is 9.60. The van der Waals surface area contributed by atoms with Crippen molar-refractivity contribution >= 4 is 11.8 Å². The molecule has 1 aromatic carbocycles. The molecule has 1 saturated heterocycles. The van der Waals surface area contributed by atoms with Gasteiger partial charge in [0.25, 0.3) is 11.8 Å². The third-order valence-corrected chi connectivity index (χ3v) is 5.81. The number of amides is 2. The average molecular weight is 381 g/mol. The SMILES string of the molecule is CCN1CCCC1CN1Cc2ccc(C(=O)NCc3ccc(C)o3)cc2C1=O. The van der Waals surface area contributed by atoms with Gasteiger partial charge in [-0.05, 0) is 62.7 Å². The first-order chi connectivity index (χ1) is 13.5. The van der Waals surface area contributed by atoms with Crippen LogP contribution in [0.4, 0.5) is 0 Å². The zero-order valence-corrected chi connectivity index (χ0v) is 16.5. The van der Waals surface area contributed by atoms with Gasteiger partial charge in [0.1, 0.15) is 11.5 Å². The molecule has 0 saturated carbocycles. The quantitative estimate of drug-likeness (QED) is 0.836. The molecule has 3 heterocycles. The van der Waals surface area contributed by atoms with Crippen molar-refractivity contribution in [1.82, 2.24) is 15.1 Å². The average Bonchev–Trinajstić information content (AvgIpc) is 3.40. The lowest BCUT2D eigenvalue weighted by Crippen LogP contribution is -2.40. The largest absolute Gasteiger partial charge is 0.465 e. The Morgan fingerprint density at radius 3 is 2.89 bits per heavy atom. The normalized spacial score (nSPS) is 19.3. The highest BCUT2D eigenvalue weighted by molar-refractivity contribution is 6.02. The Hall–Kier alpha value is -2.60. The summed E-state index contributed by atoms with van der Waals surface area (Å²) in [4.78, 5) is 29.8. The third-order valence-electron chi connectivity index (χ3n) is 5.81. The molecule has 28 heavy (non-hydrogen) atoms. The molecular weight excluding hydrogens is 354 g/mol. The summed E-state index contributed by atoms with van der Waals surface area (Å²) in [6.07, 6.45) is 2.35. The van der Waals surface area contributed by atoms with Crippen molar-refractivity contribution in [3.8, 4) is 0 Å². The van der Waals surface area contributed by atoms with E-state index in [1.165, 1.54) is 6.42 Å². The van der Waals surface area contributed by atoms with Crippen LogP contribution in [0.2, 0.25) is 0 Å². The van der Waals surface area contributed by atoms with Gasteiger partial charge in [0.15, 0.2) is 0 Å². The first-order valence-electron chi connectivity index (χ1n) is 10.0. The third kappa shape index (κ3) is 3.69. The van der Waals surface area contributed by atoms with E-state index < -0.39 is 0 Å². The molecule has 6 nitrogen and oxygen atoms in total. The standard InChI is InChI=1S/C22H27N3O3/c1-3-24-10-4-5-18(24)14-25-13-17-8-7-16(11-20(17)22(25)27)21(26)23-12-19-9-6-15(2)28-19/h6-9,11,18H,3-5,10,12-14H2,1-2H3,(H,23,26). The molecular formula is C22H27N3O3. The van der Waals surface area contributed by atoms with E-state index in [1.807, 2.05) is 30.0 Å². The molecule has 2 aliphatic rings. The molecule has 1 aromatic heterocycles. The first kappa shape index (κ1) is 18.7. The first-order valence-corrected chi connectivity index (χ1v) is 10.0. The number of likely N-dealkylation sites (N-methyl/N-ethyl adjacent to an activating group) is 1. The molecule has 4 rings (SSSR count). The molecule has 0 aliphatic carbocycles. The summed E-state index contributed by atoms with van der Waals surface area (Å²) in [5.41, 5.74) is 2.17. The number of fused-ring (bicyclic) bond motifs is 1. The summed E-state index contributed by atoms with van der Waals surface area (Å²) >= 11 is 0. The predicted octanol–water partition coefficient (Wildman–Crippen LogP) is 2.96. The van der Waals surface area contributed by atoms with Crippen molar-refractivity contribution in [2.45, 2.75) is 45.8 Å². The number of aryl methyl sites for hydroxylation is 1. The summed E-state index contributed by atoms with van der Waals surface area (Å²) in [7, 11) is 0. The van der Waals surface area contributed by atoms with Crippen molar-refractivity contribution in [3.63, 3.8) is 0 Å². The van der Waals surface area contributed by atoms with E-state index in [9.17, 15) is 9.59 Å². The molecule has 1 N–H and O–H groups in total. The number of furan rings is 1. The van der Waals surface area contributed by atoms with Crippen LogP contribution in [0.25, 0.3) is 0 Å². The fraction of sp³-hybridized carbons (Fsp3) is 0.455. The molecule has 2 aliphatic heterocycles. The lowest BCUT2D eigenvalue weighted by Gasteiger charge is -2.27. The van der Waals surface area contributed by atoms with E-state index in [0.29, 0.717) is 36.0 Å². The minimum absolute atomic E-state index is 0.0364. The Labute approximate surface area is 165 Å². The van der Waals surface area contributed by atoms with E-state index in [4.69, 9.17) is 4.42 Å². The van der Waals surface area contributed by atoms with Gasteiger partial charge in [0, 0.05) is 30.3 Å². The monoisotopic (exact) mass is 381 g/mol. The maximum atomic E-state index is 12.9. The topological polar surface area (TPSA) is 65.8 Å². The van der Waals surface area contributed by atoms with Crippen LogP contribution in [-0.2, 0) is 13.1 Å². The van der Waals surface area contributed by atoms with E-state index in [1.54, 1.807) is 12.1 Å². The van der Waals surface area contributed by atoms with Crippen molar-refractivity contribution in [2.75, 3.05) is 19.6 Å². The highest BCUT2D eigenvalue weighted by Crippen LogP contribution is 2.27. The van der Waals surface area contributed by atoms with Gasteiger partial charge in [0.05, 0.1) is 6.54 Å². The van der Waals surface area contributed by atoms with Crippen molar-refractivity contribution in [2.24, 2.45) is 0 Å². The summed E-state index contributed by atoms with van der Waals surface area (Å²) in [6.45, 7) is 7.92. The molecule has 2 amide bonds. The van der Waals surface area contributed by atoms with Crippen molar-refractivity contribution in [3.05, 3.63) is 58.5 Å². The Morgan fingerprint density at radius 2 is 2.14 bits per heavy atom. The number of carbonyl (C=O) groups is 2. The number of benzene rings is 1. The Kier molecular flexibility index (Phi) is 5.22. The molecule has 6 heteroatoms. The molecule has 0 spiro atoms. The van der Waals surface area contributed by atoms with E-state index in [2.05, 4.69) is 17.1 Å². The van der Waals surface area contributed by atoms with Crippen LogP contribution >= 0.6 is 0 Å². The Balaban J connectivity index is 1.41. The number of hydrogen-bond acceptors (Lipinski definition) is 4. The zero-order chi connectivity index (χ0) is 19.7. The van der Waals surface area contributed by atoms with Gasteiger partial charge in [-0.15, -0.1) is 0 Å². The minimum Gasteiger partial charge on any atom is -0.465 e. The number of rotatable bonds is 6. The van der Waals surface area contributed by atoms with Crippen LogP contribution in [0, 0.1) is 6.92 Å². The number of carbonyl (C=O) groups excluding carboxylic acids is 2. The summed E-state index contributed by atoms with van der Waals surface area (Å²) in [5, 5.41) is 2.85. The molecule has 2 aromatic rings. The van der Waals surface area contributed by atoms with Gasteiger partial charge >= 0.3 is 0 Å². The number of nitrogens with zero attached hydrogens (tertiary/aromatic N) is 2. The van der Waals surface area contributed by atoms with Gasteiger partial charge < -0.3 is 14.6 Å². The van der Waals surface area contributed by atoms with Crippen molar-refractivity contribution in [1.29, 1.82) is 0 Å². The van der Waals surface area contributed by atoms with Gasteiger partial charge in [-0.3, -0.25) is 14.5 Å². The number of nitrogens with one attached hydrogen (secondary N) is 1. The van der Waals surface area contributed by atoms with Crippen LogP contribution < -0.4 is 5.32 Å². The molecule has 0 radical (unpaired) electrons. The van der Waals surface area contributed by atoms with Crippen LogP contribution in [-0.4, -0.2) is 47.3 Å². The van der Waals surface area contributed by atoms with E-state index in [0.717, 1.165) is 37.4 Å². The van der Waals surface area contributed by atoms with Crippen LogP contribution in [0.1, 0.15) is 57.6 Å². The second-order valence-electron chi connectivity index (χ2n) is 7.68. The molecule has 148 valence electrons. The summed E-state index contributed by atoms with van der Waals surface area (Å²) < 4.78 is 5.48. The fourth-order valence-electron chi connectivity index (χ4n) is 4.27. The Bertz CT molecular complexity index is 889. The van der Waals surface area contributed by atoms with Crippen LogP contribution in [0.5, 0.6) is 0 Å². The highest BCUT2D eigenvalue weighted by Gasteiger charge is 2.32.